The lowest BCUT2D eigenvalue weighted by atomic mass is 10.0. The SMILES string of the molecule is NC(=NCC1CCSCC1)Nc1ccccn1. The van der Waals surface area contributed by atoms with Crippen LogP contribution in [0.3, 0.4) is 0 Å². The third-order valence-corrected chi connectivity index (χ3v) is 3.83. The fourth-order valence-corrected chi connectivity index (χ4v) is 2.97. The van der Waals surface area contributed by atoms with Gasteiger partial charge in [0.2, 0.25) is 0 Å². The molecule has 2 rings (SSSR count). The summed E-state index contributed by atoms with van der Waals surface area (Å²) in [7, 11) is 0. The Hall–Kier alpha value is -1.23. The number of thioether (sulfide) groups is 1. The van der Waals surface area contributed by atoms with Crippen LogP contribution in [-0.4, -0.2) is 29.0 Å². The normalized spacial score (nSPS) is 18.0. The van der Waals surface area contributed by atoms with Gasteiger partial charge in [-0.25, -0.2) is 4.98 Å². The molecule has 1 aliphatic rings. The van der Waals surface area contributed by atoms with Crippen LogP contribution in [0.2, 0.25) is 0 Å². The Bertz CT molecular complexity index is 360. The van der Waals surface area contributed by atoms with E-state index in [4.69, 9.17) is 5.73 Å². The highest BCUT2D eigenvalue weighted by atomic mass is 32.2. The minimum atomic E-state index is 0.460. The number of nitrogens with two attached hydrogens (primary N) is 1. The first-order valence-electron chi connectivity index (χ1n) is 5.90. The first-order valence-corrected chi connectivity index (χ1v) is 7.06. The molecular formula is C12H18N4S. The van der Waals surface area contributed by atoms with Gasteiger partial charge in [0.25, 0.3) is 0 Å². The van der Waals surface area contributed by atoms with Crippen molar-refractivity contribution >= 4 is 23.5 Å². The highest BCUT2D eigenvalue weighted by Crippen LogP contribution is 2.22. The molecule has 1 aromatic heterocycles. The molecule has 0 bridgehead atoms. The molecule has 0 aliphatic carbocycles. The van der Waals surface area contributed by atoms with Crippen molar-refractivity contribution in [3.05, 3.63) is 24.4 Å². The molecule has 3 N–H and O–H groups in total. The van der Waals surface area contributed by atoms with E-state index >= 15 is 0 Å². The molecule has 0 spiro atoms. The molecule has 0 amide bonds. The first kappa shape index (κ1) is 12.2. The van der Waals surface area contributed by atoms with Crippen molar-refractivity contribution in [1.29, 1.82) is 0 Å². The lowest BCUT2D eigenvalue weighted by molar-refractivity contribution is 0.503. The van der Waals surface area contributed by atoms with E-state index in [1.165, 1.54) is 24.3 Å². The number of hydrogen-bond donors (Lipinski definition) is 2. The lowest BCUT2D eigenvalue weighted by Gasteiger charge is -2.19. The van der Waals surface area contributed by atoms with Gasteiger partial charge in [-0.15, -0.1) is 0 Å². The highest BCUT2D eigenvalue weighted by molar-refractivity contribution is 7.99. The van der Waals surface area contributed by atoms with Gasteiger partial charge in [0.15, 0.2) is 5.96 Å². The second-order valence-electron chi connectivity index (χ2n) is 4.12. The molecule has 1 fully saturated rings. The van der Waals surface area contributed by atoms with Crippen LogP contribution in [0.4, 0.5) is 5.82 Å². The smallest absolute Gasteiger partial charge is 0.194 e. The predicted octanol–water partition coefficient (Wildman–Crippen LogP) is 1.95. The monoisotopic (exact) mass is 250 g/mol. The number of pyridine rings is 1. The summed E-state index contributed by atoms with van der Waals surface area (Å²) < 4.78 is 0. The van der Waals surface area contributed by atoms with Gasteiger partial charge in [-0.1, -0.05) is 6.07 Å². The van der Waals surface area contributed by atoms with Gasteiger partial charge >= 0.3 is 0 Å². The zero-order valence-electron chi connectivity index (χ0n) is 9.80. The lowest BCUT2D eigenvalue weighted by Crippen LogP contribution is -2.25. The zero-order valence-corrected chi connectivity index (χ0v) is 10.6. The van der Waals surface area contributed by atoms with Crippen LogP contribution in [0.15, 0.2) is 29.4 Å². The van der Waals surface area contributed by atoms with Crippen molar-refractivity contribution in [2.45, 2.75) is 12.8 Å². The Balaban J connectivity index is 1.80. The predicted molar refractivity (Wildman–Crippen MR) is 74.4 cm³/mol. The average molecular weight is 250 g/mol. The number of aromatic nitrogens is 1. The molecule has 92 valence electrons. The van der Waals surface area contributed by atoms with E-state index in [2.05, 4.69) is 15.3 Å². The molecule has 1 saturated heterocycles. The Morgan fingerprint density at radius 1 is 1.47 bits per heavy atom. The Kier molecular flexibility index (Phi) is 4.67. The Morgan fingerprint density at radius 2 is 2.29 bits per heavy atom. The van der Waals surface area contributed by atoms with Crippen molar-refractivity contribution < 1.29 is 0 Å². The maximum atomic E-state index is 5.82. The van der Waals surface area contributed by atoms with Crippen LogP contribution in [0.1, 0.15) is 12.8 Å². The highest BCUT2D eigenvalue weighted by Gasteiger charge is 2.12. The van der Waals surface area contributed by atoms with E-state index in [0.29, 0.717) is 11.9 Å². The van der Waals surface area contributed by atoms with Gasteiger partial charge in [0.05, 0.1) is 0 Å². The number of rotatable bonds is 3. The standard InChI is InChI=1S/C12H18N4S/c13-12(16-11-3-1-2-6-14-11)15-9-10-4-7-17-8-5-10/h1-3,6,10H,4-5,7-9H2,(H3,13,14,15,16). The van der Waals surface area contributed by atoms with Crippen LogP contribution >= 0.6 is 11.8 Å². The molecule has 0 radical (unpaired) electrons. The van der Waals surface area contributed by atoms with Crippen LogP contribution in [0.25, 0.3) is 0 Å². The summed E-state index contributed by atoms with van der Waals surface area (Å²) in [4.78, 5) is 8.52. The summed E-state index contributed by atoms with van der Waals surface area (Å²) in [5.41, 5.74) is 5.82. The van der Waals surface area contributed by atoms with E-state index in [1.54, 1.807) is 6.20 Å². The van der Waals surface area contributed by atoms with E-state index in [0.717, 1.165) is 12.4 Å². The quantitative estimate of drug-likeness (QED) is 0.636. The van der Waals surface area contributed by atoms with E-state index in [-0.39, 0.29) is 0 Å². The number of nitrogens with zero attached hydrogens (tertiary/aromatic N) is 2. The van der Waals surface area contributed by atoms with Crippen LogP contribution < -0.4 is 11.1 Å². The Morgan fingerprint density at radius 3 is 3.00 bits per heavy atom. The number of anilines is 1. The first-order chi connectivity index (χ1) is 8.34. The summed E-state index contributed by atoms with van der Waals surface area (Å²) in [6.07, 6.45) is 4.24. The van der Waals surface area contributed by atoms with Gasteiger partial charge in [-0.05, 0) is 42.4 Å². The molecule has 0 aromatic carbocycles. The topological polar surface area (TPSA) is 63.3 Å². The maximum Gasteiger partial charge on any atom is 0.194 e. The van der Waals surface area contributed by atoms with E-state index in [1.807, 2.05) is 30.0 Å². The molecule has 0 unspecified atom stereocenters. The fraction of sp³-hybridized carbons (Fsp3) is 0.500. The van der Waals surface area contributed by atoms with Crippen LogP contribution in [0.5, 0.6) is 0 Å². The number of aliphatic imine (C=N–C) groups is 1. The largest absolute Gasteiger partial charge is 0.370 e. The molecule has 0 atom stereocenters. The van der Waals surface area contributed by atoms with Crippen molar-refractivity contribution in [1.82, 2.24) is 4.98 Å². The summed E-state index contributed by atoms with van der Waals surface area (Å²) in [5.74, 6) is 4.41. The molecular weight excluding hydrogens is 232 g/mol. The molecule has 17 heavy (non-hydrogen) atoms. The van der Waals surface area contributed by atoms with Crippen molar-refractivity contribution in [2.24, 2.45) is 16.6 Å². The maximum absolute atomic E-state index is 5.82. The zero-order chi connectivity index (χ0) is 11.9. The summed E-state index contributed by atoms with van der Waals surface area (Å²) >= 11 is 2.03. The van der Waals surface area contributed by atoms with Gasteiger partial charge in [0, 0.05) is 12.7 Å². The van der Waals surface area contributed by atoms with Gasteiger partial charge < -0.3 is 11.1 Å². The third kappa shape index (κ3) is 4.26. The molecule has 4 nitrogen and oxygen atoms in total. The molecule has 0 saturated carbocycles. The average Bonchev–Trinajstić information content (AvgIpc) is 2.39. The van der Waals surface area contributed by atoms with Gasteiger partial charge in [-0.2, -0.15) is 11.8 Å². The minimum Gasteiger partial charge on any atom is -0.370 e. The molecule has 1 aromatic rings. The number of hydrogen-bond acceptors (Lipinski definition) is 3. The molecule has 5 heteroatoms. The fourth-order valence-electron chi connectivity index (χ4n) is 1.76. The molecule has 1 aliphatic heterocycles. The second-order valence-corrected chi connectivity index (χ2v) is 5.35. The minimum absolute atomic E-state index is 0.460. The number of guanidine groups is 1. The van der Waals surface area contributed by atoms with Gasteiger partial charge in [0.1, 0.15) is 5.82 Å². The van der Waals surface area contributed by atoms with E-state index < -0.39 is 0 Å². The Labute approximate surface area is 106 Å². The summed E-state index contributed by atoms with van der Waals surface area (Å²) in [6.45, 7) is 0.826. The summed E-state index contributed by atoms with van der Waals surface area (Å²) in [5, 5.41) is 2.99. The van der Waals surface area contributed by atoms with E-state index in [9.17, 15) is 0 Å². The second kappa shape index (κ2) is 6.49. The third-order valence-electron chi connectivity index (χ3n) is 2.78. The van der Waals surface area contributed by atoms with Gasteiger partial charge in [-0.3, -0.25) is 4.99 Å². The van der Waals surface area contributed by atoms with Crippen molar-refractivity contribution in [3.63, 3.8) is 0 Å². The summed E-state index contributed by atoms with van der Waals surface area (Å²) in [6, 6.07) is 5.67. The number of nitrogens with one attached hydrogen (secondary N) is 1. The van der Waals surface area contributed by atoms with Crippen LogP contribution in [0, 0.1) is 5.92 Å². The van der Waals surface area contributed by atoms with Crippen molar-refractivity contribution in [2.75, 3.05) is 23.4 Å². The van der Waals surface area contributed by atoms with Crippen molar-refractivity contribution in [3.8, 4) is 0 Å². The molecule has 2 heterocycles. The van der Waals surface area contributed by atoms with Crippen LogP contribution in [-0.2, 0) is 0 Å².